The number of hydrogen-bond donors (Lipinski definition) is 2. The van der Waals surface area contributed by atoms with Crippen LogP contribution in [0.15, 0.2) is 11.0 Å². The van der Waals surface area contributed by atoms with Crippen molar-refractivity contribution in [1.29, 1.82) is 0 Å². The van der Waals surface area contributed by atoms with Crippen molar-refractivity contribution in [3.05, 3.63) is 22.5 Å². The number of anilines is 1. The maximum Gasteiger partial charge on any atom is 0.351 e. The lowest BCUT2D eigenvalue weighted by atomic mass is 10.2. The Hall–Kier alpha value is -1.47. The maximum absolute atomic E-state index is 13.2. The molecule has 1 aromatic rings. The molecule has 88 valence electrons. The summed E-state index contributed by atoms with van der Waals surface area (Å²) in [6.45, 7) is 1.76. The summed E-state index contributed by atoms with van der Waals surface area (Å²) >= 11 is 0. The van der Waals surface area contributed by atoms with Gasteiger partial charge in [-0.2, -0.15) is 4.98 Å². The van der Waals surface area contributed by atoms with Crippen molar-refractivity contribution in [2.24, 2.45) is 0 Å². The van der Waals surface area contributed by atoms with Crippen LogP contribution in [0.25, 0.3) is 0 Å². The van der Waals surface area contributed by atoms with Crippen LogP contribution in [0.1, 0.15) is 19.6 Å². The van der Waals surface area contributed by atoms with Gasteiger partial charge in [0.05, 0.1) is 12.3 Å². The van der Waals surface area contributed by atoms with Gasteiger partial charge in [-0.1, -0.05) is 0 Å². The van der Waals surface area contributed by atoms with E-state index in [0.29, 0.717) is 6.42 Å². The Bertz CT molecular complexity index is 462. The van der Waals surface area contributed by atoms with Gasteiger partial charge in [0, 0.05) is 6.42 Å². The van der Waals surface area contributed by atoms with Crippen molar-refractivity contribution < 1.29 is 14.2 Å². The predicted molar refractivity (Wildman–Crippen MR) is 53.1 cm³/mol. The van der Waals surface area contributed by atoms with Crippen LogP contribution in [0.4, 0.5) is 10.2 Å². The molecule has 2 heterocycles. The van der Waals surface area contributed by atoms with Gasteiger partial charge in [0.2, 0.25) is 0 Å². The van der Waals surface area contributed by atoms with Crippen molar-refractivity contribution in [3.63, 3.8) is 0 Å². The van der Waals surface area contributed by atoms with Gasteiger partial charge in [-0.25, -0.2) is 9.18 Å². The molecule has 3 N–H and O–H groups in total. The lowest BCUT2D eigenvalue weighted by Crippen LogP contribution is -2.32. The van der Waals surface area contributed by atoms with Gasteiger partial charge >= 0.3 is 5.69 Å². The average Bonchev–Trinajstić information content (AvgIpc) is 2.51. The molecular weight excluding hydrogens is 217 g/mol. The highest BCUT2D eigenvalue weighted by atomic mass is 19.1. The maximum atomic E-state index is 13.2. The molecule has 1 saturated heterocycles. The number of nitrogens with two attached hydrogens (primary N) is 1. The normalized spacial score (nSPS) is 29.6. The summed E-state index contributed by atoms with van der Waals surface area (Å²) in [5.41, 5.74) is 4.41. The lowest BCUT2D eigenvalue weighted by molar-refractivity contribution is -0.0352. The monoisotopic (exact) mass is 229 g/mol. The van der Waals surface area contributed by atoms with Gasteiger partial charge < -0.3 is 15.6 Å². The molecular formula is C9H12FN3O3. The molecule has 1 aliphatic heterocycles. The molecule has 0 bridgehead atoms. The van der Waals surface area contributed by atoms with Crippen LogP contribution >= 0.6 is 0 Å². The van der Waals surface area contributed by atoms with Crippen molar-refractivity contribution in [2.75, 3.05) is 5.73 Å². The van der Waals surface area contributed by atoms with E-state index in [-0.39, 0.29) is 6.10 Å². The number of nitrogens with zero attached hydrogens (tertiary/aromatic N) is 2. The van der Waals surface area contributed by atoms with E-state index in [1.165, 1.54) is 0 Å². The van der Waals surface area contributed by atoms with E-state index < -0.39 is 29.7 Å². The van der Waals surface area contributed by atoms with Crippen LogP contribution < -0.4 is 11.4 Å². The Morgan fingerprint density at radius 1 is 1.75 bits per heavy atom. The molecule has 6 nitrogen and oxygen atoms in total. The fourth-order valence-corrected chi connectivity index (χ4v) is 1.73. The van der Waals surface area contributed by atoms with E-state index in [2.05, 4.69) is 4.98 Å². The van der Waals surface area contributed by atoms with E-state index in [0.717, 1.165) is 10.8 Å². The smallest absolute Gasteiger partial charge is 0.351 e. The van der Waals surface area contributed by atoms with Crippen LogP contribution in [0.3, 0.4) is 0 Å². The Kier molecular flexibility index (Phi) is 2.64. The summed E-state index contributed by atoms with van der Waals surface area (Å²) in [6, 6.07) is 0. The number of ether oxygens (including phenoxy) is 1. The number of aliphatic hydroxyl groups is 1. The van der Waals surface area contributed by atoms with Crippen LogP contribution in [-0.2, 0) is 4.74 Å². The molecule has 2 rings (SSSR count). The summed E-state index contributed by atoms with van der Waals surface area (Å²) in [4.78, 5) is 14.7. The van der Waals surface area contributed by atoms with Crippen molar-refractivity contribution in [2.45, 2.75) is 31.8 Å². The lowest BCUT2D eigenvalue weighted by Gasteiger charge is -2.16. The number of rotatable bonds is 1. The fourth-order valence-electron chi connectivity index (χ4n) is 1.73. The van der Waals surface area contributed by atoms with Gasteiger partial charge in [0.15, 0.2) is 17.9 Å². The molecule has 0 spiro atoms. The van der Waals surface area contributed by atoms with E-state index in [4.69, 9.17) is 10.5 Å². The first-order valence-electron chi connectivity index (χ1n) is 4.86. The highest BCUT2D eigenvalue weighted by molar-refractivity contribution is 5.26. The highest BCUT2D eigenvalue weighted by Gasteiger charge is 2.33. The zero-order valence-electron chi connectivity index (χ0n) is 8.63. The predicted octanol–water partition coefficient (Wildman–Crippen LogP) is -0.367. The van der Waals surface area contributed by atoms with Crippen LogP contribution in [0.2, 0.25) is 0 Å². The molecule has 0 saturated carbocycles. The van der Waals surface area contributed by atoms with Crippen LogP contribution in [0, 0.1) is 5.82 Å². The molecule has 1 aliphatic rings. The Labute approximate surface area is 90.5 Å². The molecule has 3 atom stereocenters. The molecule has 1 aromatic heterocycles. The summed E-state index contributed by atoms with van der Waals surface area (Å²) in [5, 5.41) is 9.63. The molecule has 16 heavy (non-hydrogen) atoms. The third kappa shape index (κ3) is 1.79. The number of aliphatic hydroxyl groups excluding tert-OH is 1. The topological polar surface area (TPSA) is 90.4 Å². The van der Waals surface area contributed by atoms with Gasteiger partial charge in [-0.05, 0) is 6.92 Å². The van der Waals surface area contributed by atoms with Crippen LogP contribution in [-0.4, -0.2) is 26.9 Å². The van der Waals surface area contributed by atoms with E-state index in [9.17, 15) is 14.3 Å². The van der Waals surface area contributed by atoms with Gasteiger partial charge in [-0.3, -0.25) is 4.57 Å². The van der Waals surface area contributed by atoms with Crippen LogP contribution in [0.5, 0.6) is 0 Å². The van der Waals surface area contributed by atoms with Crippen molar-refractivity contribution in [1.82, 2.24) is 9.55 Å². The summed E-state index contributed by atoms with van der Waals surface area (Å²) in [5.74, 6) is -1.27. The number of halogens is 1. The third-order valence-electron chi connectivity index (χ3n) is 2.48. The quantitative estimate of drug-likeness (QED) is 0.685. The first-order chi connectivity index (χ1) is 7.49. The Morgan fingerprint density at radius 3 is 3.00 bits per heavy atom. The zero-order valence-corrected chi connectivity index (χ0v) is 8.63. The molecule has 7 heteroatoms. The average molecular weight is 229 g/mol. The van der Waals surface area contributed by atoms with Crippen molar-refractivity contribution >= 4 is 5.82 Å². The summed E-state index contributed by atoms with van der Waals surface area (Å²) in [6.07, 6.45) is -0.644. The molecule has 1 fully saturated rings. The minimum Gasteiger partial charge on any atom is -0.388 e. The van der Waals surface area contributed by atoms with E-state index in [1.807, 2.05) is 0 Å². The number of nitrogen functional groups attached to an aromatic ring is 1. The largest absolute Gasteiger partial charge is 0.388 e. The first kappa shape index (κ1) is 11.0. The Morgan fingerprint density at radius 2 is 2.44 bits per heavy atom. The van der Waals surface area contributed by atoms with Gasteiger partial charge in [0.25, 0.3) is 0 Å². The minimum absolute atomic E-state index is 0.187. The first-order valence-corrected chi connectivity index (χ1v) is 4.86. The van der Waals surface area contributed by atoms with Gasteiger partial charge in [0.1, 0.15) is 6.10 Å². The zero-order chi connectivity index (χ0) is 11.9. The third-order valence-corrected chi connectivity index (χ3v) is 2.48. The molecule has 0 aromatic carbocycles. The molecule has 0 radical (unpaired) electrons. The Balaban J connectivity index is 2.41. The summed E-state index contributed by atoms with van der Waals surface area (Å²) in [7, 11) is 0. The highest BCUT2D eigenvalue weighted by Crippen LogP contribution is 2.27. The van der Waals surface area contributed by atoms with E-state index in [1.54, 1.807) is 6.92 Å². The van der Waals surface area contributed by atoms with Crippen molar-refractivity contribution in [3.8, 4) is 0 Å². The molecule has 0 aliphatic carbocycles. The fraction of sp³-hybridized carbons (Fsp3) is 0.556. The SMILES string of the molecule is CC1C[C@H](O)C(n2cc(F)c(N)nc2=O)O1. The number of hydrogen-bond acceptors (Lipinski definition) is 5. The molecule has 0 amide bonds. The minimum atomic E-state index is -0.898. The summed E-state index contributed by atoms with van der Waals surface area (Å²) < 4.78 is 19.4. The second-order valence-corrected chi connectivity index (χ2v) is 3.80. The second kappa shape index (κ2) is 3.84. The standard InChI is InChI=1S/C9H12FN3O3/c1-4-2-6(14)8(16-4)13-3-5(10)7(11)12-9(13)15/h3-4,6,8,14H,2H2,1H3,(H2,11,12,15)/t4?,6-,8?/m0/s1. The molecule has 2 unspecified atom stereocenters. The van der Waals surface area contributed by atoms with E-state index >= 15 is 0 Å². The number of aromatic nitrogens is 2. The second-order valence-electron chi connectivity index (χ2n) is 3.80. The van der Waals surface area contributed by atoms with Gasteiger partial charge in [-0.15, -0.1) is 0 Å².